The van der Waals surface area contributed by atoms with Gasteiger partial charge < -0.3 is 21.7 Å². The number of carbonyl (C=O) groups excluding carboxylic acids is 2. The maximum Gasteiger partial charge on any atom is 0.239 e. The SMILES string of the molecule is C=C(CNC(=O)CCC(C)C)NCC(=O)NCCN. The molecule has 0 saturated heterocycles. The van der Waals surface area contributed by atoms with Gasteiger partial charge in [0.15, 0.2) is 0 Å². The standard InChI is InChI=1S/C13H26N4O2/c1-10(2)4-5-12(18)17-8-11(3)16-9-13(19)15-7-6-14/h10,16H,3-9,14H2,1-2H3,(H,15,19)(H,17,18). The van der Waals surface area contributed by atoms with E-state index in [0.717, 1.165) is 6.42 Å². The molecule has 0 aromatic rings. The maximum absolute atomic E-state index is 11.5. The van der Waals surface area contributed by atoms with Crippen LogP contribution in [0.5, 0.6) is 0 Å². The van der Waals surface area contributed by atoms with Crippen LogP contribution in [0.2, 0.25) is 0 Å². The summed E-state index contributed by atoms with van der Waals surface area (Å²) in [6, 6.07) is 0. The van der Waals surface area contributed by atoms with Crippen molar-refractivity contribution in [1.82, 2.24) is 16.0 Å². The Bertz CT molecular complexity index is 303. The number of amides is 2. The van der Waals surface area contributed by atoms with Crippen LogP contribution in [0.1, 0.15) is 26.7 Å². The molecule has 6 heteroatoms. The molecule has 0 spiro atoms. The van der Waals surface area contributed by atoms with E-state index in [-0.39, 0.29) is 18.4 Å². The van der Waals surface area contributed by atoms with E-state index in [1.165, 1.54) is 0 Å². The molecule has 0 radical (unpaired) electrons. The molecule has 0 saturated carbocycles. The molecule has 0 bridgehead atoms. The molecule has 0 aromatic heterocycles. The normalized spacial score (nSPS) is 10.1. The molecule has 0 rings (SSSR count). The van der Waals surface area contributed by atoms with Crippen LogP contribution in [0, 0.1) is 5.92 Å². The number of rotatable bonds is 10. The van der Waals surface area contributed by atoms with Crippen molar-refractivity contribution in [2.75, 3.05) is 26.2 Å². The minimum atomic E-state index is -0.141. The molecular formula is C13H26N4O2. The van der Waals surface area contributed by atoms with Gasteiger partial charge in [0, 0.05) is 25.2 Å². The van der Waals surface area contributed by atoms with Gasteiger partial charge in [-0.05, 0) is 12.3 Å². The van der Waals surface area contributed by atoms with Crippen LogP contribution in [0.25, 0.3) is 0 Å². The van der Waals surface area contributed by atoms with Gasteiger partial charge in [-0.25, -0.2) is 0 Å². The summed E-state index contributed by atoms with van der Waals surface area (Å²) >= 11 is 0. The molecule has 0 heterocycles. The number of nitrogens with two attached hydrogens (primary N) is 1. The van der Waals surface area contributed by atoms with E-state index in [2.05, 4.69) is 36.4 Å². The molecule has 0 aromatic carbocycles. The summed E-state index contributed by atoms with van der Waals surface area (Å²) in [5.41, 5.74) is 5.88. The molecule has 5 N–H and O–H groups in total. The molecule has 0 fully saturated rings. The van der Waals surface area contributed by atoms with E-state index >= 15 is 0 Å². The lowest BCUT2D eigenvalue weighted by atomic mass is 10.1. The first-order valence-corrected chi connectivity index (χ1v) is 6.60. The van der Waals surface area contributed by atoms with Gasteiger partial charge in [-0.15, -0.1) is 0 Å². The molecule has 19 heavy (non-hydrogen) atoms. The lowest BCUT2D eigenvalue weighted by Crippen LogP contribution is -2.38. The summed E-state index contributed by atoms with van der Waals surface area (Å²) in [6.45, 7) is 9.24. The quantitative estimate of drug-likeness (QED) is 0.439. The second-order valence-corrected chi connectivity index (χ2v) is 4.80. The van der Waals surface area contributed by atoms with Gasteiger partial charge in [-0.3, -0.25) is 9.59 Å². The van der Waals surface area contributed by atoms with E-state index < -0.39 is 0 Å². The smallest absolute Gasteiger partial charge is 0.239 e. The molecule has 0 unspecified atom stereocenters. The lowest BCUT2D eigenvalue weighted by Gasteiger charge is -2.11. The highest BCUT2D eigenvalue weighted by atomic mass is 16.2. The van der Waals surface area contributed by atoms with Gasteiger partial charge in [0.25, 0.3) is 0 Å². The first-order valence-electron chi connectivity index (χ1n) is 6.60. The van der Waals surface area contributed by atoms with Gasteiger partial charge in [-0.2, -0.15) is 0 Å². The predicted octanol–water partition coefficient (Wildman–Crippen LogP) is -0.283. The zero-order valence-corrected chi connectivity index (χ0v) is 11.9. The second kappa shape index (κ2) is 10.4. The summed E-state index contributed by atoms with van der Waals surface area (Å²) in [7, 11) is 0. The van der Waals surface area contributed by atoms with Gasteiger partial charge in [-0.1, -0.05) is 20.4 Å². The third-order valence-corrected chi connectivity index (χ3v) is 2.41. The highest BCUT2D eigenvalue weighted by Crippen LogP contribution is 2.02. The van der Waals surface area contributed by atoms with Gasteiger partial charge in [0.1, 0.15) is 0 Å². The molecule has 0 atom stereocenters. The zero-order valence-electron chi connectivity index (χ0n) is 11.9. The monoisotopic (exact) mass is 270 g/mol. The van der Waals surface area contributed by atoms with Crippen LogP contribution in [0.4, 0.5) is 0 Å². The fourth-order valence-corrected chi connectivity index (χ4v) is 1.26. The first-order chi connectivity index (χ1) is 8.95. The Morgan fingerprint density at radius 1 is 1.11 bits per heavy atom. The minimum Gasteiger partial charge on any atom is -0.379 e. The summed E-state index contributed by atoms with van der Waals surface area (Å²) in [5, 5.41) is 8.23. The summed E-state index contributed by atoms with van der Waals surface area (Å²) in [5.74, 6) is 0.375. The van der Waals surface area contributed by atoms with E-state index in [1.807, 2.05) is 0 Å². The lowest BCUT2D eigenvalue weighted by molar-refractivity contribution is -0.121. The highest BCUT2D eigenvalue weighted by molar-refractivity contribution is 5.78. The van der Waals surface area contributed by atoms with E-state index in [9.17, 15) is 9.59 Å². The Labute approximate surface area is 115 Å². The largest absolute Gasteiger partial charge is 0.379 e. The third-order valence-electron chi connectivity index (χ3n) is 2.41. The molecule has 110 valence electrons. The van der Waals surface area contributed by atoms with Crippen LogP contribution in [-0.4, -0.2) is 38.0 Å². The molecular weight excluding hydrogens is 244 g/mol. The molecule has 0 aliphatic rings. The molecule has 2 amide bonds. The average molecular weight is 270 g/mol. The summed E-state index contributed by atoms with van der Waals surface area (Å²) < 4.78 is 0. The van der Waals surface area contributed by atoms with Crippen molar-refractivity contribution in [3.63, 3.8) is 0 Å². The van der Waals surface area contributed by atoms with Crippen molar-refractivity contribution in [3.8, 4) is 0 Å². The van der Waals surface area contributed by atoms with Crippen molar-refractivity contribution < 1.29 is 9.59 Å². The van der Waals surface area contributed by atoms with Gasteiger partial charge >= 0.3 is 0 Å². The Balaban J connectivity index is 3.64. The first kappa shape index (κ1) is 17.4. The predicted molar refractivity (Wildman–Crippen MR) is 76.3 cm³/mol. The number of hydrogen-bond donors (Lipinski definition) is 4. The zero-order chi connectivity index (χ0) is 14.7. The van der Waals surface area contributed by atoms with Gasteiger partial charge in [0.2, 0.25) is 11.8 Å². The molecule has 0 aliphatic carbocycles. The molecule has 0 aliphatic heterocycles. The van der Waals surface area contributed by atoms with E-state index in [4.69, 9.17) is 5.73 Å². The van der Waals surface area contributed by atoms with Crippen LogP contribution in [-0.2, 0) is 9.59 Å². The summed E-state index contributed by atoms with van der Waals surface area (Å²) in [4.78, 5) is 22.7. The Kier molecular flexibility index (Phi) is 9.52. The molecule has 6 nitrogen and oxygen atoms in total. The van der Waals surface area contributed by atoms with Crippen LogP contribution in [0.15, 0.2) is 12.3 Å². The Morgan fingerprint density at radius 3 is 2.37 bits per heavy atom. The minimum absolute atomic E-state index is 0.00392. The number of hydrogen-bond acceptors (Lipinski definition) is 4. The van der Waals surface area contributed by atoms with Crippen LogP contribution < -0.4 is 21.7 Å². The average Bonchev–Trinajstić information content (AvgIpc) is 2.37. The summed E-state index contributed by atoms with van der Waals surface area (Å²) in [6.07, 6.45) is 1.38. The third kappa shape index (κ3) is 11.3. The Morgan fingerprint density at radius 2 is 1.79 bits per heavy atom. The number of nitrogens with one attached hydrogen (secondary N) is 3. The second-order valence-electron chi connectivity index (χ2n) is 4.80. The number of carbonyl (C=O) groups is 2. The van der Waals surface area contributed by atoms with E-state index in [1.54, 1.807) is 0 Å². The highest BCUT2D eigenvalue weighted by Gasteiger charge is 2.04. The Hall–Kier alpha value is -1.56. The van der Waals surface area contributed by atoms with Gasteiger partial charge in [0.05, 0.1) is 13.1 Å². The van der Waals surface area contributed by atoms with Crippen molar-refractivity contribution in [2.24, 2.45) is 11.7 Å². The van der Waals surface area contributed by atoms with Crippen LogP contribution >= 0.6 is 0 Å². The maximum atomic E-state index is 11.5. The van der Waals surface area contributed by atoms with Crippen LogP contribution in [0.3, 0.4) is 0 Å². The topological polar surface area (TPSA) is 96.2 Å². The van der Waals surface area contributed by atoms with Crippen molar-refractivity contribution in [2.45, 2.75) is 26.7 Å². The van der Waals surface area contributed by atoms with Crippen molar-refractivity contribution >= 4 is 11.8 Å². The fraction of sp³-hybridized carbons (Fsp3) is 0.692. The van der Waals surface area contributed by atoms with Crippen molar-refractivity contribution in [1.29, 1.82) is 0 Å². The fourth-order valence-electron chi connectivity index (χ4n) is 1.26. The van der Waals surface area contributed by atoms with Crippen molar-refractivity contribution in [3.05, 3.63) is 12.3 Å². The van der Waals surface area contributed by atoms with E-state index in [0.29, 0.717) is 37.7 Å².